The van der Waals surface area contributed by atoms with E-state index in [4.69, 9.17) is 5.11 Å². The molecule has 0 bridgehead atoms. The van der Waals surface area contributed by atoms with Gasteiger partial charge in [0, 0.05) is 17.9 Å². The summed E-state index contributed by atoms with van der Waals surface area (Å²) in [6.07, 6.45) is 1.38. The van der Waals surface area contributed by atoms with E-state index in [1.54, 1.807) is 0 Å². The van der Waals surface area contributed by atoms with Crippen molar-refractivity contribution in [3.05, 3.63) is 18.0 Å². The van der Waals surface area contributed by atoms with E-state index in [2.05, 4.69) is 9.71 Å². The second-order valence-corrected chi connectivity index (χ2v) is 5.89. The zero-order valence-electron chi connectivity index (χ0n) is 9.69. The Labute approximate surface area is 95.9 Å². The fraction of sp³-hybridized carbons (Fsp3) is 0.600. The lowest BCUT2D eigenvalue weighted by Crippen LogP contribution is -2.35. The molecule has 0 fully saturated rings. The molecule has 3 N–H and O–H groups in total. The van der Waals surface area contributed by atoms with Gasteiger partial charge in [-0.05, 0) is 18.9 Å². The van der Waals surface area contributed by atoms with Crippen LogP contribution in [0.25, 0.3) is 0 Å². The van der Waals surface area contributed by atoms with Crippen LogP contribution in [0.15, 0.2) is 17.2 Å². The normalized spacial score (nSPS) is 14.3. The highest BCUT2D eigenvalue weighted by atomic mass is 32.2. The molecule has 16 heavy (non-hydrogen) atoms. The Morgan fingerprint density at radius 3 is 2.50 bits per heavy atom. The van der Waals surface area contributed by atoms with Crippen molar-refractivity contribution in [1.29, 1.82) is 0 Å². The summed E-state index contributed by atoms with van der Waals surface area (Å²) in [5.41, 5.74) is 0.484. The van der Waals surface area contributed by atoms with E-state index in [1.807, 2.05) is 20.8 Å². The van der Waals surface area contributed by atoms with Crippen molar-refractivity contribution < 1.29 is 13.5 Å². The van der Waals surface area contributed by atoms with Crippen molar-refractivity contribution in [3.8, 4) is 0 Å². The van der Waals surface area contributed by atoms with Crippen LogP contribution in [0.4, 0.5) is 0 Å². The number of rotatable bonds is 5. The number of aromatic nitrogens is 1. The molecule has 5 nitrogen and oxygen atoms in total. The van der Waals surface area contributed by atoms with Crippen LogP contribution < -0.4 is 4.72 Å². The minimum Gasteiger partial charge on any atom is -0.390 e. The molecule has 0 amide bonds. The molecule has 1 atom stereocenters. The van der Waals surface area contributed by atoms with E-state index in [1.165, 1.54) is 12.3 Å². The Balaban J connectivity index is 2.86. The number of H-pyrrole nitrogens is 1. The van der Waals surface area contributed by atoms with Gasteiger partial charge in [-0.2, -0.15) is 0 Å². The lowest BCUT2D eigenvalue weighted by Gasteiger charge is -2.16. The molecule has 1 rings (SSSR count). The van der Waals surface area contributed by atoms with Gasteiger partial charge in [0.05, 0.1) is 11.5 Å². The molecule has 0 aromatic carbocycles. The number of hydrogen-bond acceptors (Lipinski definition) is 3. The highest BCUT2D eigenvalue weighted by molar-refractivity contribution is 7.89. The summed E-state index contributed by atoms with van der Waals surface area (Å²) in [4.78, 5) is 2.85. The van der Waals surface area contributed by atoms with Crippen molar-refractivity contribution >= 4 is 10.0 Å². The second-order valence-electron chi connectivity index (χ2n) is 4.17. The first kappa shape index (κ1) is 13.2. The van der Waals surface area contributed by atoms with Gasteiger partial charge in [-0.1, -0.05) is 13.8 Å². The average molecular weight is 246 g/mol. The van der Waals surface area contributed by atoms with E-state index < -0.39 is 10.0 Å². The van der Waals surface area contributed by atoms with Crippen LogP contribution in [0, 0.1) is 5.92 Å². The molecule has 1 heterocycles. The number of sulfonamides is 1. The average Bonchev–Trinajstić information content (AvgIpc) is 2.65. The van der Waals surface area contributed by atoms with E-state index in [0.29, 0.717) is 5.69 Å². The van der Waals surface area contributed by atoms with Gasteiger partial charge in [-0.15, -0.1) is 0 Å². The maximum absolute atomic E-state index is 11.9. The van der Waals surface area contributed by atoms with E-state index in [-0.39, 0.29) is 23.5 Å². The highest BCUT2D eigenvalue weighted by Gasteiger charge is 2.20. The SMILES string of the molecule is CC(C)C(C)NS(=O)(=O)c1c[nH]c(CO)c1. The predicted octanol–water partition coefficient (Wildman–Crippen LogP) is 0.830. The summed E-state index contributed by atoms with van der Waals surface area (Å²) in [6, 6.07) is 1.30. The topological polar surface area (TPSA) is 82.2 Å². The zero-order valence-corrected chi connectivity index (χ0v) is 10.5. The smallest absolute Gasteiger partial charge is 0.242 e. The largest absolute Gasteiger partial charge is 0.390 e. The van der Waals surface area contributed by atoms with Gasteiger partial charge in [-0.3, -0.25) is 0 Å². The molecule has 6 heteroatoms. The Hall–Kier alpha value is -0.850. The van der Waals surface area contributed by atoms with Crippen molar-refractivity contribution in [1.82, 2.24) is 9.71 Å². The zero-order chi connectivity index (χ0) is 12.3. The first-order valence-corrected chi connectivity index (χ1v) is 6.65. The fourth-order valence-electron chi connectivity index (χ4n) is 1.11. The molecule has 0 radical (unpaired) electrons. The minimum atomic E-state index is -3.49. The quantitative estimate of drug-likeness (QED) is 0.719. The monoisotopic (exact) mass is 246 g/mol. The van der Waals surface area contributed by atoms with E-state index >= 15 is 0 Å². The van der Waals surface area contributed by atoms with Crippen molar-refractivity contribution in [2.24, 2.45) is 5.92 Å². The van der Waals surface area contributed by atoms with Crippen LogP contribution in [-0.4, -0.2) is 24.6 Å². The third-order valence-electron chi connectivity index (χ3n) is 2.54. The maximum atomic E-state index is 11.9. The minimum absolute atomic E-state index is 0.127. The molecule has 0 aliphatic rings. The van der Waals surface area contributed by atoms with Gasteiger partial charge < -0.3 is 10.1 Å². The molecule has 0 saturated heterocycles. The first-order valence-electron chi connectivity index (χ1n) is 5.17. The molecule has 0 saturated carbocycles. The highest BCUT2D eigenvalue weighted by Crippen LogP contribution is 2.12. The lowest BCUT2D eigenvalue weighted by atomic mass is 10.1. The van der Waals surface area contributed by atoms with E-state index in [9.17, 15) is 8.42 Å². The first-order chi connectivity index (χ1) is 7.36. The maximum Gasteiger partial charge on any atom is 0.242 e. The van der Waals surface area contributed by atoms with Gasteiger partial charge >= 0.3 is 0 Å². The van der Waals surface area contributed by atoms with Gasteiger partial charge in [0.2, 0.25) is 10.0 Å². The van der Waals surface area contributed by atoms with Crippen LogP contribution in [0.2, 0.25) is 0 Å². The molecule has 92 valence electrons. The fourth-order valence-corrected chi connectivity index (χ4v) is 2.52. The molecular weight excluding hydrogens is 228 g/mol. The third kappa shape index (κ3) is 3.07. The van der Waals surface area contributed by atoms with Crippen molar-refractivity contribution in [3.63, 3.8) is 0 Å². The van der Waals surface area contributed by atoms with Gasteiger partial charge in [0.15, 0.2) is 0 Å². The van der Waals surface area contributed by atoms with Crippen molar-refractivity contribution in [2.75, 3.05) is 0 Å². The van der Waals surface area contributed by atoms with Crippen molar-refractivity contribution in [2.45, 2.75) is 38.3 Å². The molecule has 1 aromatic rings. The second kappa shape index (κ2) is 4.99. The Kier molecular flexibility index (Phi) is 4.12. The standard InChI is InChI=1S/C10H18N2O3S/c1-7(2)8(3)12-16(14,15)10-4-9(6-13)11-5-10/h4-5,7-8,11-13H,6H2,1-3H3. The summed E-state index contributed by atoms with van der Waals surface area (Å²) in [6.45, 7) is 5.52. The summed E-state index contributed by atoms with van der Waals surface area (Å²) >= 11 is 0. The number of nitrogens with one attached hydrogen (secondary N) is 2. The Morgan fingerprint density at radius 1 is 1.44 bits per heavy atom. The summed E-state index contributed by atoms with van der Waals surface area (Å²) in [7, 11) is -3.49. The molecule has 0 aliphatic heterocycles. The molecule has 1 aromatic heterocycles. The summed E-state index contributed by atoms with van der Waals surface area (Å²) in [5, 5.41) is 8.84. The molecular formula is C10H18N2O3S. The lowest BCUT2D eigenvalue weighted by molar-refractivity contribution is 0.277. The van der Waals surface area contributed by atoms with Crippen LogP contribution in [0.3, 0.4) is 0 Å². The summed E-state index contributed by atoms with van der Waals surface area (Å²) in [5.74, 6) is 0.228. The molecule has 0 spiro atoms. The third-order valence-corrected chi connectivity index (χ3v) is 4.08. The van der Waals surface area contributed by atoms with Gasteiger partial charge in [0.25, 0.3) is 0 Å². The molecule has 1 unspecified atom stereocenters. The predicted molar refractivity (Wildman–Crippen MR) is 61.3 cm³/mol. The van der Waals surface area contributed by atoms with Crippen LogP contribution in [0.5, 0.6) is 0 Å². The Bertz CT molecular complexity index is 437. The van der Waals surface area contributed by atoms with E-state index in [0.717, 1.165) is 0 Å². The number of aliphatic hydroxyl groups excluding tert-OH is 1. The van der Waals surface area contributed by atoms with Crippen LogP contribution in [0.1, 0.15) is 26.5 Å². The Morgan fingerprint density at radius 2 is 2.06 bits per heavy atom. The van der Waals surface area contributed by atoms with Gasteiger partial charge in [-0.25, -0.2) is 13.1 Å². The summed E-state index contributed by atoms with van der Waals surface area (Å²) < 4.78 is 26.3. The molecule has 0 aliphatic carbocycles. The van der Waals surface area contributed by atoms with Gasteiger partial charge in [0.1, 0.15) is 0 Å². The van der Waals surface area contributed by atoms with Crippen LogP contribution in [-0.2, 0) is 16.6 Å². The number of aliphatic hydroxyl groups is 1. The number of aromatic amines is 1. The van der Waals surface area contributed by atoms with Crippen LogP contribution >= 0.6 is 0 Å². The number of hydrogen-bond donors (Lipinski definition) is 3.